The summed E-state index contributed by atoms with van der Waals surface area (Å²) in [5, 5.41) is 0. The summed E-state index contributed by atoms with van der Waals surface area (Å²) in [6.07, 6.45) is 0.724. The lowest BCUT2D eigenvalue weighted by Gasteiger charge is -2.21. The number of carbonyl (C=O) groups excluding carboxylic acids is 1. The molecule has 0 aromatic heterocycles. The van der Waals surface area contributed by atoms with E-state index in [9.17, 15) is 13.2 Å². The van der Waals surface area contributed by atoms with Crippen LogP contribution in [0, 0.1) is 0 Å². The van der Waals surface area contributed by atoms with Crippen LogP contribution >= 0.6 is 0 Å². The lowest BCUT2D eigenvalue weighted by atomic mass is 10.4. The Hall–Kier alpha value is -1.44. The van der Waals surface area contributed by atoms with E-state index in [0.29, 0.717) is 19.7 Å². The lowest BCUT2D eigenvalue weighted by Crippen LogP contribution is -2.38. The van der Waals surface area contributed by atoms with Gasteiger partial charge in [0.25, 0.3) is 0 Å². The Morgan fingerprint density at radius 2 is 1.90 bits per heavy atom. The average molecular weight is 314 g/mol. The Balaban J connectivity index is 2.48. The number of nitrogens with one attached hydrogen (secondary N) is 1. The third kappa shape index (κ3) is 6.24. The number of rotatable bonds is 9. The molecule has 0 bridgehead atoms. The monoisotopic (exact) mass is 314 g/mol. The van der Waals surface area contributed by atoms with Crippen molar-refractivity contribution < 1.29 is 17.9 Å². The molecule has 0 spiro atoms. The molecule has 0 unspecified atom stereocenters. The van der Waals surface area contributed by atoms with Crippen LogP contribution in [0.15, 0.2) is 35.2 Å². The Labute approximate surface area is 126 Å². The normalized spacial score (nSPS) is 11.3. The number of ether oxygens (including phenoxy) is 1. The van der Waals surface area contributed by atoms with Gasteiger partial charge in [-0.15, -0.1) is 0 Å². The number of methoxy groups -OCH3 is 1. The summed E-state index contributed by atoms with van der Waals surface area (Å²) in [6, 6.07) is 8.15. The third-order valence-corrected chi connectivity index (χ3v) is 4.43. The minimum Gasteiger partial charge on any atom is -0.385 e. The fourth-order valence-electron chi connectivity index (χ4n) is 1.82. The molecule has 0 heterocycles. The van der Waals surface area contributed by atoms with Crippen molar-refractivity contribution in [2.45, 2.75) is 18.2 Å². The van der Waals surface area contributed by atoms with Crippen molar-refractivity contribution in [2.75, 3.05) is 33.4 Å². The largest absolute Gasteiger partial charge is 0.385 e. The molecule has 118 valence electrons. The highest BCUT2D eigenvalue weighted by Crippen LogP contribution is 2.06. The number of benzene rings is 1. The molecular formula is C14H22N2O4S. The molecule has 1 aromatic rings. The van der Waals surface area contributed by atoms with Crippen LogP contribution in [0.25, 0.3) is 0 Å². The zero-order chi connectivity index (χ0) is 15.7. The highest BCUT2D eigenvalue weighted by Gasteiger charge is 2.14. The predicted octanol–water partition coefficient (Wildman–Crippen LogP) is 0.850. The fraction of sp³-hybridized carbons (Fsp3) is 0.500. The van der Waals surface area contributed by atoms with Crippen LogP contribution in [-0.4, -0.2) is 52.6 Å². The minimum atomic E-state index is -3.52. The van der Waals surface area contributed by atoms with Crippen LogP contribution in [0.2, 0.25) is 0 Å². The highest BCUT2D eigenvalue weighted by atomic mass is 32.2. The van der Waals surface area contributed by atoms with Gasteiger partial charge < -0.3 is 9.64 Å². The van der Waals surface area contributed by atoms with Crippen molar-refractivity contribution in [2.24, 2.45) is 0 Å². The Kier molecular flexibility index (Phi) is 7.35. The van der Waals surface area contributed by atoms with Crippen molar-refractivity contribution >= 4 is 15.9 Å². The molecule has 0 fully saturated rings. The number of sulfonamides is 1. The molecule has 1 N–H and O–H groups in total. The third-order valence-electron chi connectivity index (χ3n) is 2.95. The molecular weight excluding hydrogens is 292 g/mol. The number of carbonyl (C=O) groups is 1. The van der Waals surface area contributed by atoms with Gasteiger partial charge >= 0.3 is 0 Å². The van der Waals surface area contributed by atoms with E-state index in [-0.39, 0.29) is 17.3 Å². The van der Waals surface area contributed by atoms with E-state index in [1.54, 1.807) is 30.2 Å². The van der Waals surface area contributed by atoms with Crippen LogP contribution in [0.4, 0.5) is 0 Å². The minimum absolute atomic E-state index is 0.0787. The van der Waals surface area contributed by atoms with Crippen molar-refractivity contribution in [1.82, 2.24) is 9.62 Å². The van der Waals surface area contributed by atoms with Crippen molar-refractivity contribution in [3.05, 3.63) is 30.3 Å². The van der Waals surface area contributed by atoms with E-state index >= 15 is 0 Å². The van der Waals surface area contributed by atoms with Crippen LogP contribution < -0.4 is 4.72 Å². The highest BCUT2D eigenvalue weighted by molar-refractivity contribution is 7.89. The van der Waals surface area contributed by atoms with Gasteiger partial charge in [-0.2, -0.15) is 0 Å². The van der Waals surface area contributed by atoms with Crippen LogP contribution in [0.3, 0.4) is 0 Å². The zero-order valence-corrected chi connectivity index (χ0v) is 13.2. The molecule has 0 atom stereocenters. The van der Waals surface area contributed by atoms with Crippen molar-refractivity contribution in [3.63, 3.8) is 0 Å². The van der Waals surface area contributed by atoms with Crippen molar-refractivity contribution in [1.29, 1.82) is 0 Å². The SMILES string of the molecule is COCCCN(CCNS(=O)(=O)c1ccccc1)C(C)=O. The van der Waals surface area contributed by atoms with Gasteiger partial charge in [-0.25, -0.2) is 13.1 Å². The van der Waals surface area contributed by atoms with Crippen LogP contribution in [0.5, 0.6) is 0 Å². The average Bonchev–Trinajstić information content (AvgIpc) is 2.46. The summed E-state index contributed by atoms with van der Waals surface area (Å²) in [5.74, 6) is -0.0787. The Morgan fingerprint density at radius 3 is 2.48 bits per heavy atom. The summed E-state index contributed by atoms with van der Waals surface area (Å²) in [5.41, 5.74) is 0. The smallest absolute Gasteiger partial charge is 0.240 e. The second-order valence-corrected chi connectivity index (χ2v) is 6.33. The van der Waals surface area contributed by atoms with Gasteiger partial charge in [-0.3, -0.25) is 4.79 Å². The van der Waals surface area contributed by atoms with Crippen LogP contribution in [0.1, 0.15) is 13.3 Å². The van der Waals surface area contributed by atoms with Crippen molar-refractivity contribution in [3.8, 4) is 0 Å². The standard InChI is InChI=1S/C14H22N2O4S/c1-13(17)16(10-6-12-20-2)11-9-15-21(18,19)14-7-4-3-5-8-14/h3-5,7-8,15H,6,9-12H2,1-2H3. The number of nitrogens with zero attached hydrogens (tertiary/aromatic N) is 1. The first-order valence-electron chi connectivity index (χ1n) is 6.76. The summed E-state index contributed by atoms with van der Waals surface area (Å²) >= 11 is 0. The number of hydrogen-bond donors (Lipinski definition) is 1. The van der Waals surface area contributed by atoms with E-state index in [1.807, 2.05) is 0 Å². The molecule has 0 aliphatic heterocycles. The molecule has 0 aliphatic rings. The van der Waals surface area contributed by atoms with Crippen LogP contribution in [-0.2, 0) is 19.6 Å². The van der Waals surface area contributed by atoms with Gasteiger partial charge in [0.1, 0.15) is 0 Å². The van der Waals surface area contributed by atoms with E-state index in [2.05, 4.69) is 4.72 Å². The van der Waals surface area contributed by atoms with Gasteiger partial charge in [-0.1, -0.05) is 18.2 Å². The first kappa shape index (κ1) is 17.6. The molecule has 0 radical (unpaired) electrons. The van der Waals surface area contributed by atoms with Gasteiger partial charge in [0.15, 0.2) is 0 Å². The molecule has 21 heavy (non-hydrogen) atoms. The molecule has 7 heteroatoms. The van der Waals surface area contributed by atoms with Gasteiger partial charge in [-0.05, 0) is 18.6 Å². The summed E-state index contributed by atoms with van der Waals surface area (Å²) in [4.78, 5) is 13.3. The second kappa shape index (κ2) is 8.76. The second-order valence-electron chi connectivity index (χ2n) is 4.56. The number of amides is 1. The lowest BCUT2D eigenvalue weighted by molar-refractivity contribution is -0.128. The topological polar surface area (TPSA) is 75.7 Å². The molecule has 6 nitrogen and oxygen atoms in total. The molecule has 1 amide bonds. The predicted molar refractivity (Wildman–Crippen MR) is 80.4 cm³/mol. The van der Waals surface area contributed by atoms with Gasteiger partial charge in [0, 0.05) is 40.3 Å². The van der Waals surface area contributed by atoms with E-state index < -0.39 is 10.0 Å². The first-order chi connectivity index (χ1) is 9.97. The summed E-state index contributed by atoms with van der Waals surface area (Å²) < 4.78 is 31.5. The maximum Gasteiger partial charge on any atom is 0.240 e. The van der Waals surface area contributed by atoms with E-state index in [4.69, 9.17) is 4.74 Å². The number of hydrogen-bond acceptors (Lipinski definition) is 4. The van der Waals surface area contributed by atoms with Gasteiger partial charge in [0.2, 0.25) is 15.9 Å². The molecule has 1 rings (SSSR count). The van der Waals surface area contributed by atoms with Gasteiger partial charge in [0.05, 0.1) is 4.90 Å². The van der Waals surface area contributed by atoms with E-state index in [0.717, 1.165) is 6.42 Å². The Morgan fingerprint density at radius 1 is 1.24 bits per heavy atom. The zero-order valence-electron chi connectivity index (χ0n) is 12.4. The summed E-state index contributed by atoms with van der Waals surface area (Å²) in [6.45, 7) is 3.11. The van der Waals surface area contributed by atoms with E-state index in [1.165, 1.54) is 19.1 Å². The summed E-state index contributed by atoms with van der Waals surface area (Å²) in [7, 11) is -1.92. The fourth-order valence-corrected chi connectivity index (χ4v) is 2.87. The quantitative estimate of drug-likeness (QED) is 0.686. The maximum absolute atomic E-state index is 12.0. The Bertz CT molecular complexity index is 531. The maximum atomic E-state index is 12.0. The molecule has 1 aromatic carbocycles. The first-order valence-corrected chi connectivity index (χ1v) is 8.25. The molecule has 0 aliphatic carbocycles. The molecule has 0 saturated heterocycles. The molecule has 0 saturated carbocycles.